The normalized spacial score (nSPS) is 32.1. The first-order valence-corrected chi connectivity index (χ1v) is 39.6. The molecule has 107 heavy (non-hydrogen) atoms. The summed E-state index contributed by atoms with van der Waals surface area (Å²) in [5.41, 5.74) is -2.18. The van der Waals surface area contributed by atoms with E-state index in [4.69, 9.17) is 32.7 Å². The second kappa shape index (κ2) is 38.1. The van der Waals surface area contributed by atoms with Crippen LogP contribution in [0, 0.1) is 35.0 Å². The number of rotatable bonds is 15. The third kappa shape index (κ3) is 21.0. The lowest BCUT2D eigenvalue weighted by Crippen LogP contribution is -2.71. The van der Waals surface area contributed by atoms with Crippen molar-refractivity contribution in [2.24, 2.45) is 35.0 Å². The van der Waals surface area contributed by atoms with E-state index in [1.807, 2.05) is 34.6 Å². The Hall–Kier alpha value is -6.33. The molecule has 0 radical (unpaired) electrons. The number of ether oxygens (including phenoxy) is 2. The molecule has 1 spiro atoms. The molecule has 0 aromatic carbocycles. The Kier molecular flexibility index (Phi) is 31.3. The fraction of sp³-hybridized carbons (Fsp3) is 0.816. The molecule has 0 aromatic rings. The van der Waals surface area contributed by atoms with Crippen LogP contribution in [0.3, 0.4) is 0 Å². The van der Waals surface area contributed by atoms with Crippen molar-refractivity contribution in [3.8, 4) is 0 Å². The summed E-state index contributed by atoms with van der Waals surface area (Å²) >= 11 is 13.3. The van der Waals surface area contributed by atoms with Crippen molar-refractivity contribution >= 4 is 94.1 Å². The molecule has 4 aliphatic heterocycles. The number of halogens is 5. The smallest absolute Gasteiger partial charge is 0.382 e. The maximum atomic E-state index is 15.8. The minimum absolute atomic E-state index is 0.0153. The molecule has 604 valence electrons. The number of carbonyl (C=O) groups excluding carboxylic acids is 12. The lowest BCUT2D eigenvalue weighted by atomic mass is 9.58. The number of nitrogens with one attached hydrogen (secondary N) is 3. The molecule has 14 atom stereocenters. The van der Waals surface area contributed by atoms with Crippen molar-refractivity contribution in [1.29, 1.82) is 0 Å². The SMILES string of the molecule is CCO[C@@H]1C[C@H]2C(=O)NC3(CC(C)(C)C3)C(=O)N(C)[C@@H](C(CC)CC)C(=O)N(C)[C@H](C(=O)N(C)C)CC(=O)N(C)[C@@H](COC)C(=O)N[C@@H]([C@@H](C)CC)C(=O)N3CCC[C@H]3C(=O)N(C)[C@H]3C/C=C\CCN(C3=O)[C@@H](CC3CCC(C(F)(F)F)CC3)C(=O)N(C)CC(=O)N[C@@H](CCC3CCC(Cl)C(Cl)C3)C(=O)N2C1. The molecule has 3 aliphatic carbocycles. The molecular formula is C76H121Cl2F3N12O14. The Bertz CT molecular complexity index is 3200. The average Bonchev–Trinajstić information content (AvgIpc) is 1.19. The molecule has 3 N–H and O–H groups in total. The highest BCUT2D eigenvalue weighted by molar-refractivity contribution is 6.30. The van der Waals surface area contributed by atoms with E-state index >= 15 is 38.4 Å². The van der Waals surface area contributed by atoms with Gasteiger partial charge in [0.15, 0.2) is 0 Å². The van der Waals surface area contributed by atoms with E-state index in [2.05, 4.69) is 16.0 Å². The summed E-state index contributed by atoms with van der Waals surface area (Å²) in [6.07, 6.45) is 1.63. The van der Waals surface area contributed by atoms with Gasteiger partial charge in [0, 0.05) is 94.5 Å². The number of hydrogen-bond acceptors (Lipinski definition) is 14. The first-order valence-electron chi connectivity index (χ1n) is 38.8. The van der Waals surface area contributed by atoms with E-state index < -0.39 is 192 Å². The number of carbonyl (C=O) groups is 12. The van der Waals surface area contributed by atoms with Gasteiger partial charge in [-0.15, -0.1) is 23.2 Å². The molecule has 26 nitrogen and oxygen atoms in total. The van der Waals surface area contributed by atoms with Gasteiger partial charge in [0.25, 0.3) is 0 Å². The van der Waals surface area contributed by atoms with Crippen molar-refractivity contribution in [3.63, 3.8) is 0 Å². The molecular weight excluding hydrogens is 1430 g/mol. The zero-order valence-electron chi connectivity index (χ0n) is 65.7. The summed E-state index contributed by atoms with van der Waals surface area (Å²) < 4.78 is 54.3. The van der Waals surface area contributed by atoms with Crippen LogP contribution in [-0.4, -0.2) is 294 Å². The Labute approximate surface area is 640 Å². The molecule has 7 rings (SSSR count). The highest BCUT2D eigenvalue weighted by atomic mass is 35.5. The van der Waals surface area contributed by atoms with Crippen LogP contribution >= 0.6 is 23.2 Å². The van der Waals surface area contributed by atoms with E-state index in [-0.39, 0.29) is 120 Å². The monoisotopic (exact) mass is 1550 g/mol. The number of amides is 12. The Morgan fingerprint density at radius 1 is 0.673 bits per heavy atom. The summed E-state index contributed by atoms with van der Waals surface area (Å²) in [4.78, 5) is 195. The zero-order valence-corrected chi connectivity index (χ0v) is 67.2. The number of fused-ring (bicyclic) bond motifs is 4. The Morgan fingerprint density at radius 2 is 1.33 bits per heavy atom. The van der Waals surface area contributed by atoms with E-state index in [9.17, 15) is 32.3 Å². The lowest BCUT2D eigenvalue weighted by molar-refractivity contribution is -0.184. The molecule has 0 aromatic heterocycles. The molecule has 31 heteroatoms. The van der Waals surface area contributed by atoms with Gasteiger partial charge in [0.2, 0.25) is 70.9 Å². The van der Waals surface area contributed by atoms with E-state index in [1.54, 1.807) is 26.0 Å². The van der Waals surface area contributed by atoms with Crippen LogP contribution in [0.15, 0.2) is 12.2 Å². The summed E-state index contributed by atoms with van der Waals surface area (Å²) in [6, 6.07) is -11.9. The predicted octanol–water partition coefficient (Wildman–Crippen LogP) is 6.12. The maximum Gasteiger partial charge on any atom is 0.391 e. The maximum absolute atomic E-state index is 15.8. The number of methoxy groups -OCH3 is 1. The first-order chi connectivity index (χ1) is 50.3. The van der Waals surface area contributed by atoms with Gasteiger partial charge in [-0.2, -0.15) is 13.2 Å². The van der Waals surface area contributed by atoms with E-state index in [0.29, 0.717) is 51.4 Å². The fourth-order valence-corrected chi connectivity index (χ4v) is 18.2. The van der Waals surface area contributed by atoms with Crippen molar-refractivity contribution < 1.29 is 80.2 Å². The summed E-state index contributed by atoms with van der Waals surface area (Å²) in [7, 11) is 11.2. The second-order valence-corrected chi connectivity index (χ2v) is 33.5. The number of nitrogens with zero attached hydrogens (tertiary/aromatic N) is 9. The van der Waals surface area contributed by atoms with Crippen LogP contribution in [0.5, 0.6) is 0 Å². The van der Waals surface area contributed by atoms with Gasteiger partial charge >= 0.3 is 6.18 Å². The largest absolute Gasteiger partial charge is 0.391 e. The average molecular weight is 1550 g/mol. The van der Waals surface area contributed by atoms with E-state index in [0.717, 1.165) is 14.7 Å². The van der Waals surface area contributed by atoms with Crippen LogP contribution in [0.25, 0.3) is 0 Å². The molecule has 6 fully saturated rings. The minimum Gasteiger partial charge on any atom is -0.382 e. The van der Waals surface area contributed by atoms with Crippen LogP contribution in [0.4, 0.5) is 13.2 Å². The number of alkyl halides is 5. The Balaban J connectivity index is 1.35. The topological polar surface area (TPSA) is 289 Å². The standard InChI is InChI=1S/C76H121Cl2F3N12O14/c1-16-45(5)62-71(103)91-35-23-25-55(91)69(101)88(12)54-24-21-20-22-34-92(70(54)102)58(37-47-26-30-49(31-27-47)76(79,80)81)68(100)86(10)41-60(94)82-53(33-29-46-28-32-51(77)52(78)36-46)66(98)93-40-50(107-19-4)38-56(93)65(97)84-75(43-74(6,7)44-75)73(105)90(14)63(48(17-2)18-3)72(104)89(13)57(67(99)85(8)9)39-61(95)87(11)59(42-106-15)64(96)83-62/h20-21,45-59,62-63H,16-19,22-44H2,1-15H3,(H,82,94)(H,83,96)(H,84,97)/b21-20-/t45-,46?,47?,49?,50+,51?,52?,53-,54-,55-,56-,57-,58-,59-,62-,63-/m0/s1. The van der Waals surface area contributed by atoms with Crippen LogP contribution in [0.1, 0.15) is 183 Å². The summed E-state index contributed by atoms with van der Waals surface area (Å²) in [5.74, 6) is -11.5. The zero-order chi connectivity index (χ0) is 79.5. The molecule has 4 heterocycles. The number of hydrogen-bond donors (Lipinski definition) is 3. The van der Waals surface area contributed by atoms with Crippen LogP contribution in [0.2, 0.25) is 0 Å². The van der Waals surface area contributed by atoms with Crippen molar-refractivity contribution in [1.82, 2.24) is 60.0 Å². The quantitative estimate of drug-likeness (QED) is 0.123. The summed E-state index contributed by atoms with van der Waals surface area (Å²) in [6.45, 7) is 12.0. The minimum atomic E-state index is -4.45. The van der Waals surface area contributed by atoms with Gasteiger partial charge in [-0.1, -0.05) is 73.0 Å². The first kappa shape index (κ1) is 87.9. The van der Waals surface area contributed by atoms with Gasteiger partial charge in [-0.05, 0) is 139 Å². The van der Waals surface area contributed by atoms with Gasteiger partial charge in [0.05, 0.1) is 37.0 Å². The highest BCUT2D eigenvalue weighted by Crippen LogP contribution is 2.50. The molecule has 12 amide bonds. The Morgan fingerprint density at radius 3 is 1.92 bits per heavy atom. The highest BCUT2D eigenvalue weighted by Gasteiger charge is 2.59. The van der Waals surface area contributed by atoms with Crippen molar-refractivity contribution in [3.05, 3.63) is 12.2 Å². The van der Waals surface area contributed by atoms with Gasteiger partial charge in [0.1, 0.15) is 59.9 Å². The molecule has 3 unspecified atom stereocenters. The third-order valence-electron chi connectivity index (χ3n) is 24.1. The summed E-state index contributed by atoms with van der Waals surface area (Å²) in [5, 5.41) is 8.22. The van der Waals surface area contributed by atoms with E-state index in [1.165, 1.54) is 85.8 Å². The van der Waals surface area contributed by atoms with Gasteiger partial charge in [-0.3, -0.25) is 57.5 Å². The van der Waals surface area contributed by atoms with Crippen LogP contribution < -0.4 is 16.0 Å². The molecule has 7 aliphatic rings. The van der Waals surface area contributed by atoms with Crippen molar-refractivity contribution in [2.75, 3.05) is 95.8 Å². The van der Waals surface area contributed by atoms with Crippen molar-refractivity contribution in [2.45, 2.75) is 266 Å². The third-order valence-corrected chi connectivity index (χ3v) is 25.2. The van der Waals surface area contributed by atoms with Gasteiger partial charge in [-0.25, -0.2) is 0 Å². The molecule has 3 saturated heterocycles. The molecule has 3 saturated carbocycles. The van der Waals surface area contributed by atoms with Crippen LogP contribution in [-0.2, 0) is 67.0 Å². The fourth-order valence-electron chi connectivity index (χ4n) is 17.6. The lowest BCUT2D eigenvalue weighted by Gasteiger charge is -2.54. The molecule has 2 bridgehead atoms. The predicted molar refractivity (Wildman–Crippen MR) is 396 cm³/mol. The van der Waals surface area contributed by atoms with Gasteiger partial charge < -0.3 is 69.5 Å². The second-order valence-electron chi connectivity index (χ2n) is 32.4. The number of likely N-dealkylation sites (N-methyl/N-ethyl adjacent to an activating group) is 6.